The SMILES string of the molecule is CN(C)C(=O)CCN1CCCC1CN. The van der Waals surface area contributed by atoms with E-state index in [0.29, 0.717) is 12.5 Å². The van der Waals surface area contributed by atoms with E-state index < -0.39 is 0 Å². The van der Waals surface area contributed by atoms with Crippen LogP contribution in [-0.2, 0) is 4.79 Å². The molecule has 1 aliphatic heterocycles. The maximum Gasteiger partial charge on any atom is 0.223 e. The summed E-state index contributed by atoms with van der Waals surface area (Å²) in [6, 6.07) is 0.505. The van der Waals surface area contributed by atoms with E-state index in [1.54, 1.807) is 19.0 Å². The van der Waals surface area contributed by atoms with Crippen LogP contribution in [0.1, 0.15) is 19.3 Å². The molecule has 0 aromatic carbocycles. The topological polar surface area (TPSA) is 49.6 Å². The third-order valence-electron chi connectivity index (χ3n) is 2.88. The molecule has 0 bridgehead atoms. The molecular weight excluding hydrogens is 178 g/mol. The van der Waals surface area contributed by atoms with Crippen molar-refractivity contribution in [3.05, 3.63) is 0 Å². The molecule has 14 heavy (non-hydrogen) atoms. The molecule has 0 spiro atoms. The molecule has 4 nitrogen and oxygen atoms in total. The standard InChI is InChI=1S/C10H21N3O/c1-12(2)10(14)5-7-13-6-3-4-9(13)8-11/h9H,3-8,11H2,1-2H3. The van der Waals surface area contributed by atoms with Crippen LogP contribution in [0.2, 0.25) is 0 Å². The monoisotopic (exact) mass is 199 g/mol. The number of hydrogen-bond donors (Lipinski definition) is 1. The zero-order valence-corrected chi connectivity index (χ0v) is 9.20. The fourth-order valence-corrected chi connectivity index (χ4v) is 1.92. The van der Waals surface area contributed by atoms with E-state index in [4.69, 9.17) is 5.73 Å². The van der Waals surface area contributed by atoms with Gasteiger partial charge in [-0.1, -0.05) is 0 Å². The molecule has 1 saturated heterocycles. The Morgan fingerprint density at radius 1 is 1.57 bits per heavy atom. The molecule has 1 heterocycles. The van der Waals surface area contributed by atoms with E-state index in [2.05, 4.69) is 4.90 Å². The van der Waals surface area contributed by atoms with Gasteiger partial charge in [0.05, 0.1) is 0 Å². The van der Waals surface area contributed by atoms with Gasteiger partial charge in [0.1, 0.15) is 0 Å². The van der Waals surface area contributed by atoms with Crippen molar-refractivity contribution in [2.75, 3.05) is 33.7 Å². The lowest BCUT2D eigenvalue weighted by Crippen LogP contribution is -2.37. The second-order valence-corrected chi connectivity index (χ2v) is 4.11. The Morgan fingerprint density at radius 3 is 2.86 bits per heavy atom. The quantitative estimate of drug-likeness (QED) is 0.687. The first-order valence-electron chi connectivity index (χ1n) is 5.29. The minimum atomic E-state index is 0.202. The minimum absolute atomic E-state index is 0.202. The van der Waals surface area contributed by atoms with Crippen molar-refractivity contribution in [2.45, 2.75) is 25.3 Å². The Morgan fingerprint density at radius 2 is 2.29 bits per heavy atom. The highest BCUT2D eigenvalue weighted by molar-refractivity contribution is 5.75. The van der Waals surface area contributed by atoms with E-state index in [9.17, 15) is 4.79 Å². The maximum absolute atomic E-state index is 11.4. The largest absolute Gasteiger partial charge is 0.349 e. The van der Waals surface area contributed by atoms with E-state index in [0.717, 1.165) is 19.6 Å². The van der Waals surface area contributed by atoms with Gasteiger partial charge in [0.15, 0.2) is 0 Å². The van der Waals surface area contributed by atoms with Gasteiger partial charge in [-0.3, -0.25) is 9.69 Å². The van der Waals surface area contributed by atoms with Crippen molar-refractivity contribution in [3.63, 3.8) is 0 Å². The Hall–Kier alpha value is -0.610. The average Bonchev–Trinajstić information content (AvgIpc) is 2.60. The molecule has 1 aliphatic rings. The molecule has 0 saturated carbocycles. The molecule has 0 aromatic heterocycles. The summed E-state index contributed by atoms with van der Waals surface area (Å²) >= 11 is 0. The van der Waals surface area contributed by atoms with Gasteiger partial charge >= 0.3 is 0 Å². The third-order valence-corrected chi connectivity index (χ3v) is 2.88. The predicted molar refractivity (Wildman–Crippen MR) is 57.0 cm³/mol. The first-order chi connectivity index (χ1) is 6.65. The first-order valence-corrected chi connectivity index (χ1v) is 5.29. The second-order valence-electron chi connectivity index (χ2n) is 4.11. The number of nitrogens with zero attached hydrogens (tertiary/aromatic N) is 2. The summed E-state index contributed by atoms with van der Waals surface area (Å²) in [5.41, 5.74) is 5.65. The summed E-state index contributed by atoms with van der Waals surface area (Å²) in [7, 11) is 3.60. The summed E-state index contributed by atoms with van der Waals surface area (Å²) in [5.74, 6) is 0.202. The lowest BCUT2D eigenvalue weighted by Gasteiger charge is -2.23. The van der Waals surface area contributed by atoms with Crippen LogP contribution >= 0.6 is 0 Å². The van der Waals surface area contributed by atoms with Crippen LogP contribution in [0.25, 0.3) is 0 Å². The molecule has 82 valence electrons. The van der Waals surface area contributed by atoms with Gasteiger partial charge < -0.3 is 10.6 Å². The van der Waals surface area contributed by atoms with Gasteiger partial charge in [-0.25, -0.2) is 0 Å². The molecule has 0 aliphatic carbocycles. The Labute approximate surface area is 86.0 Å². The summed E-state index contributed by atoms with van der Waals surface area (Å²) in [5, 5.41) is 0. The van der Waals surface area contributed by atoms with Gasteiger partial charge in [-0.05, 0) is 19.4 Å². The number of carbonyl (C=O) groups excluding carboxylic acids is 1. The van der Waals surface area contributed by atoms with Gasteiger partial charge in [0.25, 0.3) is 0 Å². The lowest BCUT2D eigenvalue weighted by molar-refractivity contribution is -0.129. The number of amides is 1. The van der Waals surface area contributed by atoms with E-state index in [-0.39, 0.29) is 5.91 Å². The highest BCUT2D eigenvalue weighted by Crippen LogP contribution is 2.16. The predicted octanol–water partition coefficient (Wildman–Crippen LogP) is -0.112. The van der Waals surface area contributed by atoms with Crippen molar-refractivity contribution < 1.29 is 4.79 Å². The normalized spacial score (nSPS) is 22.6. The fraction of sp³-hybridized carbons (Fsp3) is 0.900. The van der Waals surface area contributed by atoms with Crippen molar-refractivity contribution in [2.24, 2.45) is 5.73 Å². The third kappa shape index (κ3) is 2.96. The summed E-state index contributed by atoms with van der Waals surface area (Å²) in [6.07, 6.45) is 3.02. The van der Waals surface area contributed by atoms with Crippen molar-refractivity contribution in [3.8, 4) is 0 Å². The van der Waals surface area contributed by atoms with Crippen LogP contribution < -0.4 is 5.73 Å². The number of carbonyl (C=O) groups is 1. The van der Waals surface area contributed by atoms with Crippen LogP contribution in [0.4, 0.5) is 0 Å². The van der Waals surface area contributed by atoms with E-state index in [1.165, 1.54) is 12.8 Å². The first kappa shape index (κ1) is 11.5. The lowest BCUT2D eigenvalue weighted by atomic mass is 10.2. The van der Waals surface area contributed by atoms with Gasteiger partial charge in [-0.15, -0.1) is 0 Å². The molecule has 0 aromatic rings. The van der Waals surface area contributed by atoms with Crippen LogP contribution in [0.15, 0.2) is 0 Å². The minimum Gasteiger partial charge on any atom is -0.349 e. The highest BCUT2D eigenvalue weighted by atomic mass is 16.2. The summed E-state index contributed by atoms with van der Waals surface area (Å²) in [4.78, 5) is 15.3. The molecule has 1 rings (SSSR count). The van der Waals surface area contributed by atoms with Crippen LogP contribution in [-0.4, -0.2) is 55.5 Å². The van der Waals surface area contributed by atoms with Crippen LogP contribution in [0, 0.1) is 0 Å². The fourth-order valence-electron chi connectivity index (χ4n) is 1.92. The van der Waals surface area contributed by atoms with Gasteiger partial charge in [0, 0.05) is 39.6 Å². The molecule has 1 fully saturated rings. The van der Waals surface area contributed by atoms with E-state index in [1.807, 2.05) is 0 Å². The number of nitrogens with two attached hydrogens (primary N) is 1. The maximum atomic E-state index is 11.4. The molecule has 0 radical (unpaired) electrons. The zero-order chi connectivity index (χ0) is 10.6. The molecule has 1 amide bonds. The second kappa shape index (κ2) is 5.32. The highest BCUT2D eigenvalue weighted by Gasteiger charge is 2.23. The summed E-state index contributed by atoms with van der Waals surface area (Å²) in [6.45, 7) is 2.68. The smallest absolute Gasteiger partial charge is 0.223 e. The number of likely N-dealkylation sites (tertiary alicyclic amines) is 1. The zero-order valence-electron chi connectivity index (χ0n) is 9.20. The van der Waals surface area contributed by atoms with E-state index >= 15 is 0 Å². The van der Waals surface area contributed by atoms with Gasteiger partial charge in [-0.2, -0.15) is 0 Å². The average molecular weight is 199 g/mol. The Balaban J connectivity index is 2.27. The van der Waals surface area contributed by atoms with Crippen molar-refractivity contribution >= 4 is 5.91 Å². The van der Waals surface area contributed by atoms with Gasteiger partial charge in [0.2, 0.25) is 5.91 Å². The van der Waals surface area contributed by atoms with Crippen LogP contribution in [0.5, 0.6) is 0 Å². The molecule has 2 N–H and O–H groups in total. The number of hydrogen-bond acceptors (Lipinski definition) is 3. The number of rotatable bonds is 4. The molecule has 1 atom stereocenters. The molecular formula is C10H21N3O. The molecule has 1 unspecified atom stereocenters. The van der Waals surface area contributed by atoms with Crippen molar-refractivity contribution in [1.29, 1.82) is 0 Å². The Bertz CT molecular complexity index is 194. The Kier molecular flexibility index (Phi) is 4.35. The van der Waals surface area contributed by atoms with Crippen molar-refractivity contribution in [1.82, 2.24) is 9.80 Å². The van der Waals surface area contributed by atoms with Crippen LogP contribution in [0.3, 0.4) is 0 Å². The molecule has 4 heteroatoms. The summed E-state index contributed by atoms with van der Waals surface area (Å²) < 4.78 is 0.